The molecule has 2 aromatic rings. The summed E-state index contributed by atoms with van der Waals surface area (Å²) in [6.45, 7) is 9.49. The number of likely N-dealkylation sites (tertiary alicyclic amines) is 1. The van der Waals surface area contributed by atoms with Gasteiger partial charge in [-0.1, -0.05) is 6.07 Å². The Hall–Kier alpha value is -1.43. The molecule has 1 aliphatic heterocycles. The maximum Gasteiger partial charge on any atom is 0.153 e. The minimum atomic E-state index is 0. The molecule has 0 amide bonds. The van der Waals surface area contributed by atoms with Crippen molar-refractivity contribution in [2.24, 2.45) is 11.7 Å². The van der Waals surface area contributed by atoms with Crippen LogP contribution in [0.3, 0.4) is 0 Å². The van der Waals surface area contributed by atoms with Crippen molar-refractivity contribution in [1.82, 2.24) is 19.7 Å². The van der Waals surface area contributed by atoms with Gasteiger partial charge in [0.1, 0.15) is 0 Å². The van der Waals surface area contributed by atoms with Crippen molar-refractivity contribution in [2.75, 3.05) is 13.1 Å². The quantitative estimate of drug-likeness (QED) is 0.932. The molecule has 2 N–H and O–H groups in total. The Labute approximate surface area is 144 Å². The van der Waals surface area contributed by atoms with Gasteiger partial charge < -0.3 is 5.73 Å². The number of nitrogens with zero attached hydrogens (tertiary/aromatic N) is 4. The van der Waals surface area contributed by atoms with Gasteiger partial charge in [-0.3, -0.25) is 4.90 Å². The van der Waals surface area contributed by atoms with Crippen molar-refractivity contribution in [1.29, 1.82) is 0 Å². The van der Waals surface area contributed by atoms with Crippen LogP contribution in [0.4, 0.5) is 0 Å². The number of aromatic nitrogens is 3. The number of rotatable bonds is 4. The van der Waals surface area contributed by atoms with Gasteiger partial charge in [0.15, 0.2) is 5.82 Å². The molecular formula is C17H26ClN5. The van der Waals surface area contributed by atoms with Crippen molar-refractivity contribution in [2.45, 2.75) is 39.8 Å². The van der Waals surface area contributed by atoms with Gasteiger partial charge >= 0.3 is 0 Å². The molecular weight excluding hydrogens is 310 g/mol. The normalized spacial score (nSPS) is 19.6. The first-order valence-electron chi connectivity index (χ1n) is 8.00. The standard InChI is InChI=1S/C17H25N5.ClH/c1-12(18)15-7-9-21(10-15)11-16-13(2)20-22(14(16)3)17-6-4-5-8-19-17;/h4-6,8,12,15H,7,9-11,18H2,1-3H3;1H. The maximum atomic E-state index is 6.04. The molecule has 2 unspecified atom stereocenters. The molecule has 1 fully saturated rings. The third-order valence-corrected chi connectivity index (χ3v) is 4.74. The second-order valence-corrected chi connectivity index (χ2v) is 6.39. The van der Waals surface area contributed by atoms with Crippen molar-refractivity contribution >= 4 is 12.4 Å². The Morgan fingerprint density at radius 3 is 2.74 bits per heavy atom. The summed E-state index contributed by atoms with van der Waals surface area (Å²) in [4.78, 5) is 6.90. The first kappa shape index (κ1) is 17.9. The molecule has 0 spiro atoms. The highest BCUT2D eigenvalue weighted by atomic mass is 35.5. The number of halogens is 1. The van der Waals surface area contributed by atoms with Crippen LogP contribution in [-0.2, 0) is 6.54 Å². The predicted molar refractivity (Wildman–Crippen MR) is 95.1 cm³/mol. The molecule has 1 aliphatic rings. The molecule has 2 aromatic heterocycles. The Morgan fingerprint density at radius 1 is 1.35 bits per heavy atom. The fraction of sp³-hybridized carbons (Fsp3) is 0.529. The van der Waals surface area contributed by atoms with Gasteiger partial charge in [-0.15, -0.1) is 12.4 Å². The molecule has 2 atom stereocenters. The van der Waals surface area contributed by atoms with Crippen LogP contribution in [0.1, 0.15) is 30.3 Å². The molecule has 6 heteroatoms. The number of pyridine rings is 1. The lowest BCUT2D eigenvalue weighted by Crippen LogP contribution is -2.29. The summed E-state index contributed by atoms with van der Waals surface area (Å²) in [5.74, 6) is 1.50. The minimum Gasteiger partial charge on any atom is -0.328 e. The molecule has 0 radical (unpaired) electrons. The number of aryl methyl sites for hydroxylation is 1. The van der Waals surface area contributed by atoms with E-state index in [9.17, 15) is 0 Å². The molecule has 1 saturated heterocycles. The van der Waals surface area contributed by atoms with Gasteiger partial charge in [-0.05, 0) is 51.8 Å². The Balaban J connectivity index is 0.00000192. The number of nitrogens with two attached hydrogens (primary N) is 1. The van der Waals surface area contributed by atoms with E-state index in [0.717, 1.165) is 31.1 Å². The average Bonchev–Trinajstić information content (AvgIpc) is 3.09. The van der Waals surface area contributed by atoms with Crippen LogP contribution in [0.5, 0.6) is 0 Å². The summed E-state index contributed by atoms with van der Waals surface area (Å²) in [6.07, 6.45) is 3.00. The van der Waals surface area contributed by atoms with Crippen LogP contribution < -0.4 is 5.73 Å². The topological polar surface area (TPSA) is 60.0 Å². The third kappa shape index (κ3) is 3.74. The summed E-state index contributed by atoms with van der Waals surface area (Å²) in [5.41, 5.74) is 9.63. The highest BCUT2D eigenvalue weighted by molar-refractivity contribution is 5.85. The minimum absolute atomic E-state index is 0. The largest absolute Gasteiger partial charge is 0.328 e. The summed E-state index contributed by atoms with van der Waals surface area (Å²) in [6, 6.07) is 6.19. The van der Waals surface area contributed by atoms with E-state index in [1.807, 2.05) is 22.9 Å². The van der Waals surface area contributed by atoms with Gasteiger partial charge in [0.25, 0.3) is 0 Å². The summed E-state index contributed by atoms with van der Waals surface area (Å²) in [7, 11) is 0. The predicted octanol–water partition coefficient (Wildman–Crippen LogP) is 2.48. The highest BCUT2D eigenvalue weighted by Crippen LogP contribution is 2.24. The van der Waals surface area contributed by atoms with E-state index in [1.165, 1.54) is 17.7 Å². The van der Waals surface area contributed by atoms with E-state index in [-0.39, 0.29) is 18.4 Å². The van der Waals surface area contributed by atoms with Crippen molar-refractivity contribution in [3.63, 3.8) is 0 Å². The highest BCUT2D eigenvalue weighted by Gasteiger charge is 2.26. The molecule has 3 rings (SSSR count). The Bertz CT molecular complexity index is 638. The van der Waals surface area contributed by atoms with Crippen LogP contribution in [0.15, 0.2) is 24.4 Å². The molecule has 5 nitrogen and oxygen atoms in total. The van der Waals surface area contributed by atoms with Gasteiger partial charge in [0.2, 0.25) is 0 Å². The van der Waals surface area contributed by atoms with E-state index in [1.54, 1.807) is 6.20 Å². The molecule has 3 heterocycles. The first-order valence-corrected chi connectivity index (χ1v) is 8.00. The number of hydrogen-bond donors (Lipinski definition) is 1. The molecule has 0 aliphatic carbocycles. The maximum absolute atomic E-state index is 6.04. The Kier molecular flexibility index (Phi) is 5.79. The van der Waals surface area contributed by atoms with Gasteiger partial charge in [0, 0.05) is 36.6 Å². The summed E-state index contributed by atoms with van der Waals surface area (Å²) >= 11 is 0. The molecule has 0 bridgehead atoms. The van der Waals surface area contributed by atoms with Crippen LogP contribution in [0.2, 0.25) is 0 Å². The van der Waals surface area contributed by atoms with Gasteiger partial charge in [0.05, 0.1) is 5.69 Å². The lowest BCUT2D eigenvalue weighted by atomic mass is 10.0. The zero-order chi connectivity index (χ0) is 15.7. The SMILES string of the molecule is Cc1nn(-c2ccccn2)c(C)c1CN1CCC(C(C)N)C1.Cl. The van der Waals surface area contributed by atoms with Crippen LogP contribution in [0, 0.1) is 19.8 Å². The van der Waals surface area contributed by atoms with Gasteiger partial charge in [-0.2, -0.15) is 5.10 Å². The number of hydrogen-bond acceptors (Lipinski definition) is 4. The van der Waals surface area contributed by atoms with E-state index < -0.39 is 0 Å². The van der Waals surface area contributed by atoms with Gasteiger partial charge in [-0.25, -0.2) is 9.67 Å². The van der Waals surface area contributed by atoms with Crippen LogP contribution >= 0.6 is 12.4 Å². The van der Waals surface area contributed by atoms with E-state index in [4.69, 9.17) is 5.73 Å². The third-order valence-electron chi connectivity index (χ3n) is 4.74. The summed E-state index contributed by atoms with van der Waals surface area (Å²) in [5, 5.41) is 4.68. The van der Waals surface area contributed by atoms with Crippen molar-refractivity contribution in [3.8, 4) is 5.82 Å². The fourth-order valence-corrected chi connectivity index (χ4v) is 3.26. The lowest BCUT2D eigenvalue weighted by Gasteiger charge is -2.18. The van der Waals surface area contributed by atoms with Crippen molar-refractivity contribution < 1.29 is 0 Å². The van der Waals surface area contributed by atoms with E-state index in [0.29, 0.717) is 5.92 Å². The zero-order valence-electron chi connectivity index (χ0n) is 14.1. The zero-order valence-corrected chi connectivity index (χ0v) is 14.9. The molecule has 126 valence electrons. The molecule has 23 heavy (non-hydrogen) atoms. The first-order chi connectivity index (χ1) is 10.6. The smallest absolute Gasteiger partial charge is 0.153 e. The monoisotopic (exact) mass is 335 g/mol. The second kappa shape index (κ2) is 7.43. The lowest BCUT2D eigenvalue weighted by molar-refractivity contribution is 0.307. The molecule has 0 aromatic carbocycles. The average molecular weight is 336 g/mol. The fourth-order valence-electron chi connectivity index (χ4n) is 3.26. The van der Waals surface area contributed by atoms with Crippen molar-refractivity contribution in [3.05, 3.63) is 41.3 Å². The van der Waals surface area contributed by atoms with Crippen LogP contribution in [0.25, 0.3) is 5.82 Å². The summed E-state index contributed by atoms with van der Waals surface area (Å²) < 4.78 is 1.95. The second-order valence-electron chi connectivity index (χ2n) is 6.39. The van der Waals surface area contributed by atoms with Crippen LogP contribution in [-0.4, -0.2) is 38.8 Å². The molecule has 0 saturated carbocycles. The Morgan fingerprint density at radius 2 is 2.13 bits per heavy atom. The van der Waals surface area contributed by atoms with E-state index in [2.05, 4.69) is 35.8 Å². The van der Waals surface area contributed by atoms with E-state index >= 15 is 0 Å².